The van der Waals surface area contributed by atoms with E-state index in [2.05, 4.69) is 13.8 Å². The van der Waals surface area contributed by atoms with Gasteiger partial charge in [0.1, 0.15) is 0 Å². The highest BCUT2D eigenvalue weighted by molar-refractivity contribution is 4.80. The van der Waals surface area contributed by atoms with Crippen LogP contribution in [0.5, 0.6) is 0 Å². The molecule has 0 amide bonds. The summed E-state index contributed by atoms with van der Waals surface area (Å²) in [5.41, 5.74) is 0. The molecule has 0 aliphatic heterocycles. The van der Waals surface area contributed by atoms with E-state index >= 15 is 0 Å². The van der Waals surface area contributed by atoms with Crippen molar-refractivity contribution in [2.24, 2.45) is 23.7 Å². The molecule has 0 heterocycles. The van der Waals surface area contributed by atoms with Crippen molar-refractivity contribution in [3.63, 3.8) is 0 Å². The van der Waals surface area contributed by atoms with Crippen LogP contribution in [0.1, 0.15) is 53.4 Å². The molecular formula is C14H28O2. The fraction of sp³-hybridized carbons (Fsp3) is 1.00. The zero-order chi connectivity index (χ0) is 12.1. The molecule has 96 valence electrons. The summed E-state index contributed by atoms with van der Waals surface area (Å²) in [5.74, 6) is 2.78. The maximum absolute atomic E-state index is 9.55. The summed E-state index contributed by atoms with van der Waals surface area (Å²) in [6.07, 6.45) is 4.56. The fourth-order valence-corrected chi connectivity index (χ4v) is 2.90. The van der Waals surface area contributed by atoms with Crippen molar-refractivity contribution < 1.29 is 9.84 Å². The average Bonchev–Trinajstić information content (AvgIpc) is 2.58. The van der Waals surface area contributed by atoms with Crippen LogP contribution in [0.2, 0.25) is 0 Å². The van der Waals surface area contributed by atoms with E-state index in [1.807, 2.05) is 13.8 Å². The van der Waals surface area contributed by atoms with Gasteiger partial charge in [0.25, 0.3) is 0 Å². The lowest BCUT2D eigenvalue weighted by atomic mass is 9.91. The average molecular weight is 228 g/mol. The molecule has 2 heteroatoms. The summed E-state index contributed by atoms with van der Waals surface area (Å²) in [7, 11) is 0. The van der Waals surface area contributed by atoms with E-state index in [4.69, 9.17) is 4.74 Å². The molecule has 1 aliphatic carbocycles. The Balaban J connectivity index is 2.22. The lowest BCUT2D eigenvalue weighted by Crippen LogP contribution is -2.21. The zero-order valence-electron chi connectivity index (χ0n) is 11.3. The van der Waals surface area contributed by atoms with Gasteiger partial charge < -0.3 is 9.84 Å². The van der Waals surface area contributed by atoms with Crippen LogP contribution in [-0.2, 0) is 4.74 Å². The van der Waals surface area contributed by atoms with Gasteiger partial charge >= 0.3 is 0 Å². The minimum Gasteiger partial charge on any atom is -0.368 e. The lowest BCUT2D eigenvalue weighted by molar-refractivity contribution is -0.129. The summed E-state index contributed by atoms with van der Waals surface area (Å²) < 4.78 is 5.45. The molecule has 0 aromatic heterocycles. The first-order valence-corrected chi connectivity index (χ1v) is 6.84. The second-order valence-electron chi connectivity index (χ2n) is 5.80. The van der Waals surface area contributed by atoms with Gasteiger partial charge in [0.05, 0.1) is 6.61 Å². The van der Waals surface area contributed by atoms with Gasteiger partial charge in [-0.2, -0.15) is 0 Å². The Morgan fingerprint density at radius 2 is 1.88 bits per heavy atom. The Kier molecular flexibility index (Phi) is 5.77. The van der Waals surface area contributed by atoms with Gasteiger partial charge in [0, 0.05) is 5.92 Å². The van der Waals surface area contributed by atoms with Gasteiger partial charge in [0.2, 0.25) is 0 Å². The molecule has 4 atom stereocenters. The normalized spacial score (nSPS) is 32.2. The minimum atomic E-state index is -0.584. The van der Waals surface area contributed by atoms with E-state index < -0.39 is 6.29 Å². The molecule has 1 fully saturated rings. The number of aliphatic hydroxyl groups is 1. The van der Waals surface area contributed by atoms with Crippen LogP contribution < -0.4 is 0 Å². The second-order valence-corrected chi connectivity index (χ2v) is 5.80. The number of aliphatic hydroxyl groups excluding tert-OH is 1. The quantitative estimate of drug-likeness (QED) is 0.706. The van der Waals surface area contributed by atoms with Crippen molar-refractivity contribution in [1.82, 2.24) is 0 Å². The first-order chi connectivity index (χ1) is 7.54. The van der Waals surface area contributed by atoms with E-state index in [0.29, 0.717) is 6.61 Å². The monoisotopic (exact) mass is 228 g/mol. The molecular weight excluding hydrogens is 200 g/mol. The van der Waals surface area contributed by atoms with Crippen LogP contribution in [0.3, 0.4) is 0 Å². The van der Waals surface area contributed by atoms with Gasteiger partial charge in [-0.15, -0.1) is 0 Å². The van der Waals surface area contributed by atoms with Crippen molar-refractivity contribution in [3.8, 4) is 0 Å². The summed E-state index contributed by atoms with van der Waals surface area (Å²) in [6.45, 7) is 9.33. The fourth-order valence-electron chi connectivity index (χ4n) is 2.90. The van der Waals surface area contributed by atoms with Crippen molar-refractivity contribution in [1.29, 1.82) is 0 Å². The molecule has 1 aliphatic rings. The van der Waals surface area contributed by atoms with Crippen LogP contribution in [-0.4, -0.2) is 18.0 Å². The van der Waals surface area contributed by atoms with Gasteiger partial charge in [-0.05, 0) is 37.0 Å². The van der Waals surface area contributed by atoms with Crippen molar-refractivity contribution >= 4 is 0 Å². The third-order valence-electron chi connectivity index (χ3n) is 3.95. The Morgan fingerprint density at radius 3 is 2.44 bits per heavy atom. The maximum Gasteiger partial charge on any atom is 0.156 e. The molecule has 0 spiro atoms. The number of rotatable bonds is 6. The highest BCUT2D eigenvalue weighted by atomic mass is 16.6. The van der Waals surface area contributed by atoms with E-state index in [9.17, 15) is 5.11 Å². The van der Waals surface area contributed by atoms with Crippen LogP contribution in [0.15, 0.2) is 0 Å². The highest BCUT2D eigenvalue weighted by Crippen LogP contribution is 2.39. The van der Waals surface area contributed by atoms with Crippen LogP contribution in [0.25, 0.3) is 0 Å². The van der Waals surface area contributed by atoms with Crippen LogP contribution in [0.4, 0.5) is 0 Å². The van der Waals surface area contributed by atoms with Crippen molar-refractivity contribution in [3.05, 3.63) is 0 Å². The molecule has 3 unspecified atom stereocenters. The molecule has 16 heavy (non-hydrogen) atoms. The second kappa shape index (κ2) is 6.61. The molecule has 2 nitrogen and oxygen atoms in total. The molecule has 0 bridgehead atoms. The summed E-state index contributed by atoms with van der Waals surface area (Å²) in [4.78, 5) is 0. The molecule has 0 radical (unpaired) electrons. The van der Waals surface area contributed by atoms with E-state index in [1.54, 1.807) is 0 Å². The number of hydrogen-bond acceptors (Lipinski definition) is 2. The topological polar surface area (TPSA) is 29.5 Å². The third kappa shape index (κ3) is 4.06. The summed E-state index contributed by atoms with van der Waals surface area (Å²) in [5, 5.41) is 9.55. The first kappa shape index (κ1) is 14.0. The number of ether oxygens (including phenoxy) is 1. The molecule has 1 N–H and O–H groups in total. The third-order valence-corrected chi connectivity index (χ3v) is 3.95. The molecule has 1 saturated carbocycles. The van der Waals surface area contributed by atoms with Gasteiger partial charge in [-0.1, -0.05) is 34.1 Å². The van der Waals surface area contributed by atoms with E-state index in [1.165, 1.54) is 19.3 Å². The van der Waals surface area contributed by atoms with Gasteiger partial charge in [-0.3, -0.25) is 0 Å². The maximum atomic E-state index is 9.55. The lowest BCUT2D eigenvalue weighted by Gasteiger charge is -2.20. The van der Waals surface area contributed by atoms with Gasteiger partial charge in [0.15, 0.2) is 6.29 Å². The molecule has 1 rings (SSSR count). The first-order valence-electron chi connectivity index (χ1n) is 6.84. The Morgan fingerprint density at radius 1 is 1.25 bits per heavy atom. The predicted octanol–water partition coefficient (Wildman–Crippen LogP) is 3.44. The summed E-state index contributed by atoms with van der Waals surface area (Å²) >= 11 is 0. The number of hydrogen-bond donors (Lipinski definition) is 1. The van der Waals surface area contributed by atoms with E-state index in [-0.39, 0.29) is 5.92 Å². The molecule has 0 saturated heterocycles. The summed E-state index contributed by atoms with van der Waals surface area (Å²) in [6, 6.07) is 0. The largest absolute Gasteiger partial charge is 0.368 e. The van der Waals surface area contributed by atoms with Gasteiger partial charge in [-0.25, -0.2) is 0 Å². The standard InChI is InChI=1S/C14H28O2/c1-5-12-8-11(4)9-13(12)6-7-16-14(15)10(2)3/h10-15H,5-9H2,1-4H3/t11-,12?,13?,14?/m0/s1. The smallest absolute Gasteiger partial charge is 0.156 e. The Labute approximate surface area is 100 Å². The van der Waals surface area contributed by atoms with E-state index in [0.717, 1.165) is 24.2 Å². The van der Waals surface area contributed by atoms with Crippen LogP contribution in [0, 0.1) is 23.7 Å². The molecule has 0 aromatic rings. The predicted molar refractivity (Wildman–Crippen MR) is 67.1 cm³/mol. The van der Waals surface area contributed by atoms with Crippen molar-refractivity contribution in [2.75, 3.05) is 6.61 Å². The van der Waals surface area contributed by atoms with Crippen LogP contribution >= 0.6 is 0 Å². The Bertz CT molecular complexity index is 191. The Hall–Kier alpha value is -0.0800. The minimum absolute atomic E-state index is 0.199. The van der Waals surface area contributed by atoms with Crippen molar-refractivity contribution in [2.45, 2.75) is 59.7 Å². The zero-order valence-corrected chi connectivity index (χ0v) is 11.3. The molecule has 0 aromatic carbocycles. The SMILES string of the molecule is CCC1C[C@H](C)CC1CCOC(O)C(C)C. The highest BCUT2D eigenvalue weighted by Gasteiger charge is 2.30.